The van der Waals surface area contributed by atoms with Crippen LogP contribution in [0.4, 0.5) is 0 Å². The zero-order chi connectivity index (χ0) is 6.85. The van der Waals surface area contributed by atoms with Crippen LogP contribution in [-0.4, -0.2) is 11.7 Å². The van der Waals surface area contributed by atoms with Crippen LogP contribution in [-0.2, 0) is 4.79 Å². The van der Waals surface area contributed by atoms with Gasteiger partial charge < -0.3 is 4.79 Å². The van der Waals surface area contributed by atoms with Gasteiger partial charge in [0, 0.05) is 5.92 Å². The Labute approximate surface area is 59.7 Å². The van der Waals surface area contributed by atoms with Crippen LogP contribution in [0.1, 0.15) is 13.3 Å². The summed E-state index contributed by atoms with van der Waals surface area (Å²) in [5, 5.41) is 0.0835. The summed E-state index contributed by atoms with van der Waals surface area (Å²) >= 11 is 5.75. The van der Waals surface area contributed by atoms with E-state index in [9.17, 15) is 4.79 Å². The third-order valence-corrected chi connectivity index (χ3v) is 1.98. The third kappa shape index (κ3) is 1.33. The summed E-state index contributed by atoms with van der Waals surface area (Å²) in [6, 6.07) is 0. The molecule has 0 N–H and O–H groups in total. The molecule has 0 saturated carbocycles. The minimum absolute atomic E-state index is 0.0835. The number of allylic oxidation sites excluding steroid dienone is 2. The van der Waals surface area contributed by atoms with Crippen LogP contribution in [0.25, 0.3) is 0 Å². The highest BCUT2D eigenvalue weighted by molar-refractivity contribution is 6.22. The Hall–Kier alpha value is -0.300. The van der Waals surface area contributed by atoms with Crippen LogP contribution in [0.3, 0.4) is 0 Å². The molecule has 0 amide bonds. The maximum Gasteiger partial charge on any atom is 0.127 e. The Balaban J connectivity index is 2.64. The molecule has 1 aliphatic carbocycles. The molecule has 0 bridgehead atoms. The van der Waals surface area contributed by atoms with E-state index in [-0.39, 0.29) is 11.3 Å². The van der Waals surface area contributed by atoms with Gasteiger partial charge in [0.15, 0.2) is 0 Å². The fraction of sp³-hybridized carbons (Fsp3) is 0.571. The lowest BCUT2D eigenvalue weighted by molar-refractivity contribution is -0.110. The van der Waals surface area contributed by atoms with Gasteiger partial charge in [-0.25, -0.2) is 0 Å². The van der Waals surface area contributed by atoms with Crippen molar-refractivity contribution in [2.24, 2.45) is 5.92 Å². The van der Waals surface area contributed by atoms with Gasteiger partial charge in [-0.05, 0) is 13.3 Å². The van der Waals surface area contributed by atoms with Crippen molar-refractivity contribution in [1.82, 2.24) is 0 Å². The SMILES string of the molecule is CC1=C[C@@H](Cl)C[C@H]1C=O. The number of hydrogen-bond donors (Lipinski definition) is 0. The quantitative estimate of drug-likeness (QED) is 0.311. The summed E-state index contributed by atoms with van der Waals surface area (Å²) in [6.45, 7) is 1.95. The molecule has 0 unspecified atom stereocenters. The number of carbonyl (C=O) groups is 1. The summed E-state index contributed by atoms with van der Waals surface area (Å²) in [4.78, 5) is 10.3. The molecule has 1 rings (SSSR count). The largest absolute Gasteiger partial charge is 0.303 e. The highest BCUT2D eigenvalue weighted by atomic mass is 35.5. The lowest BCUT2D eigenvalue weighted by Crippen LogP contribution is -1.99. The van der Waals surface area contributed by atoms with Gasteiger partial charge in [0.1, 0.15) is 6.29 Å². The summed E-state index contributed by atoms with van der Waals surface area (Å²) in [7, 11) is 0. The minimum atomic E-state index is 0.0835. The van der Waals surface area contributed by atoms with Crippen LogP contribution in [0.15, 0.2) is 11.6 Å². The first kappa shape index (κ1) is 6.81. The van der Waals surface area contributed by atoms with Crippen molar-refractivity contribution in [3.63, 3.8) is 0 Å². The molecule has 0 radical (unpaired) electrons. The van der Waals surface area contributed by atoms with Gasteiger partial charge in [-0.3, -0.25) is 0 Å². The lowest BCUT2D eigenvalue weighted by Gasteiger charge is -1.99. The molecule has 0 aromatic heterocycles. The van der Waals surface area contributed by atoms with Crippen molar-refractivity contribution in [1.29, 1.82) is 0 Å². The van der Waals surface area contributed by atoms with Crippen LogP contribution >= 0.6 is 11.6 Å². The van der Waals surface area contributed by atoms with Gasteiger partial charge >= 0.3 is 0 Å². The van der Waals surface area contributed by atoms with Crippen molar-refractivity contribution in [3.05, 3.63) is 11.6 Å². The zero-order valence-corrected chi connectivity index (χ0v) is 6.06. The van der Waals surface area contributed by atoms with Crippen molar-refractivity contribution in [2.45, 2.75) is 18.7 Å². The van der Waals surface area contributed by atoms with Gasteiger partial charge in [-0.15, -0.1) is 11.6 Å². The van der Waals surface area contributed by atoms with E-state index in [0.717, 1.165) is 18.3 Å². The summed E-state index contributed by atoms with van der Waals surface area (Å²) in [5.41, 5.74) is 1.12. The van der Waals surface area contributed by atoms with E-state index in [2.05, 4.69) is 0 Å². The molecule has 0 saturated heterocycles. The fourth-order valence-electron chi connectivity index (χ4n) is 1.07. The van der Waals surface area contributed by atoms with E-state index in [1.54, 1.807) is 0 Å². The van der Waals surface area contributed by atoms with Crippen molar-refractivity contribution in [3.8, 4) is 0 Å². The molecule has 1 nitrogen and oxygen atoms in total. The van der Waals surface area contributed by atoms with Gasteiger partial charge in [0.05, 0.1) is 5.38 Å². The topological polar surface area (TPSA) is 17.1 Å². The second-order valence-electron chi connectivity index (χ2n) is 2.40. The maximum atomic E-state index is 10.3. The first-order valence-electron chi connectivity index (χ1n) is 3.01. The van der Waals surface area contributed by atoms with Crippen LogP contribution in [0, 0.1) is 5.92 Å². The van der Waals surface area contributed by atoms with Crippen molar-refractivity contribution < 1.29 is 4.79 Å². The molecule has 0 aromatic rings. The summed E-state index contributed by atoms with van der Waals surface area (Å²) < 4.78 is 0. The van der Waals surface area contributed by atoms with Gasteiger partial charge in [-0.2, -0.15) is 0 Å². The van der Waals surface area contributed by atoms with Crippen molar-refractivity contribution >= 4 is 17.9 Å². The Morgan fingerprint density at radius 2 is 2.56 bits per heavy atom. The van der Waals surface area contributed by atoms with Crippen molar-refractivity contribution in [2.75, 3.05) is 0 Å². The standard InChI is InChI=1S/C7H9ClO/c1-5-2-7(8)3-6(5)4-9/h2,4,6-7H,3H2,1H3/t6-,7+/m0/s1. The predicted molar refractivity (Wildman–Crippen MR) is 37.6 cm³/mol. The molecule has 0 heterocycles. The molecule has 0 aliphatic heterocycles. The molecule has 0 aromatic carbocycles. The number of halogens is 1. The van der Waals surface area contributed by atoms with E-state index in [4.69, 9.17) is 11.6 Å². The molecule has 1 aliphatic rings. The molecule has 0 fully saturated rings. The van der Waals surface area contributed by atoms with Crippen LogP contribution < -0.4 is 0 Å². The Morgan fingerprint density at radius 3 is 2.78 bits per heavy atom. The highest BCUT2D eigenvalue weighted by Gasteiger charge is 2.20. The zero-order valence-electron chi connectivity index (χ0n) is 5.30. The second kappa shape index (κ2) is 2.53. The highest BCUT2D eigenvalue weighted by Crippen LogP contribution is 2.26. The molecular formula is C7H9ClO. The third-order valence-electron chi connectivity index (χ3n) is 1.67. The van der Waals surface area contributed by atoms with Gasteiger partial charge in [0.2, 0.25) is 0 Å². The Bertz CT molecular complexity index is 151. The van der Waals surface area contributed by atoms with Crippen LogP contribution in [0.5, 0.6) is 0 Å². The maximum absolute atomic E-state index is 10.3. The fourth-order valence-corrected chi connectivity index (χ4v) is 1.46. The van der Waals surface area contributed by atoms with E-state index in [1.807, 2.05) is 13.0 Å². The predicted octanol–water partition coefficient (Wildman–Crippen LogP) is 1.76. The first-order chi connectivity index (χ1) is 4.24. The lowest BCUT2D eigenvalue weighted by atomic mass is 10.1. The van der Waals surface area contributed by atoms with E-state index >= 15 is 0 Å². The van der Waals surface area contributed by atoms with E-state index in [0.29, 0.717) is 0 Å². The normalized spacial score (nSPS) is 34.2. The average molecular weight is 145 g/mol. The second-order valence-corrected chi connectivity index (χ2v) is 2.97. The monoisotopic (exact) mass is 144 g/mol. The molecule has 50 valence electrons. The number of alkyl halides is 1. The number of rotatable bonds is 1. The van der Waals surface area contributed by atoms with Crippen LogP contribution in [0.2, 0.25) is 0 Å². The molecular weight excluding hydrogens is 136 g/mol. The number of aldehydes is 1. The summed E-state index contributed by atoms with van der Waals surface area (Å²) in [6.07, 6.45) is 3.70. The Morgan fingerprint density at radius 1 is 1.89 bits per heavy atom. The number of hydrogen-bond acceptors (Lipinski definition) is 1. The number of carbonyl (C=O) groups excluding carboxylic acids is 1. The minimum Gasteiger partial charge on any atom is -0.303 e. The Kier molecular flexibility index (Phi) is 1.91. The average Bonchev–Trinajstić information content (AvgIpc) is 2.10. The molecule has 9 heavy (non-hydrogen) atoms. The molecule has 0 spiro atoms. The molecule has 2 heteroatoms. The van der Waals surface area contributed by atoms with E-state index < -0.39 is 0 Å². The van der Waals surface area contributed by atoms with E-state index in [1.165, 1.54) is 0 Å². The molecule has 2 atom stereocenters. The van der Waals surface area contributed by atoms with Gasteiger partial charge in [0.25, 0.3) is 0 Å². The first-order valence-corrected chi connectivity index (χ1v) is 3.45. The van der Waals surface area contributed by atoms with Gasteiger partial charge in [-0.1, -0.05) is 11.6 Å². The summed E-state index contributed by atoms with van der Waals surface area (Å²) in [5.74, 6) is 0.0903. The smallest absolute Gasteiger partial charge is 0.127 e.